The third-order valence-electron chi connectivity index (χ3n) is 2.28. The standard InChI is InChI=1S/C10H12N4O2/c11-8-1-2-9(12-5-6-15)10-7(8)3-4-13-14(10)16/h1-4,12,15H,5-6,11H2. The number of nitrogens with two attached hydrogens (primary N) is 1. The largest absolute Gasteiger partial charge is 0.594 e. The number of rotatable bonds is 3. The molecule has 2 rings (SSSR count). The van der Waals surface area contributed by atoms with Crippen molar-refractivity contribution >= 4 is 22.3 Å². The molecule has 0 bridgehead atoms. The first-order chi connectivity index (χ1) is 7.74. The Morgan fingerprint density at radius 1 is 1.44 bits per heavy atom. The Morgan fingerprint density at radius 3 is 3.00 bits per heavy atom. The van der Waals surface area contributed by atoms with Crippen LogP contribution in [0.15, 0.2) is 24.4 Å². The predicted octanol–water partition coefficient (Wildman–Crippen LogP) is -0.145. The van der Waals surface area contributed by atoms with Gasteiger partial charge in [0.25, 0.3) is 5.52 Å². The number of hydrogen-bond acceptors (Lipinski definition) is 5. The number of fused-ring (bicyclic) bond motifs is 1. The third-order valence-corrected chi connectivity index (χ3v) is 2.28. The van der Waals surface area contributed by atoms with Gasteiger partial charge < -0.3 is 21.4 Å². The van der Waals surface area contributed by atoms with Crippen molar-refractivity contribution in [1.29, 1.82) is 0 Å². The maximum absolute atomic E-state index is 11.6. The summed E-state index contributed by atoms with van der Waals surface area (Å²) in [6.07, 6.45) is 1.40. The van der Waals surface area contributed by atoms with E-state index in [1.54, 1.807) is 18.2 Å². The fraction of sp³-hybridized carbons (Fsp3) is 0.200. The summed E-state index contributed by atoms with van der Waals surface area (Å²) in [4.78, 5) is 0.519. The molecule has 6 heteroatoms. The van der Waals surface area contributed by atoms with E-state index < -0.39 is 0 Å². The van der Waals surface area contributed by atoms with E-state index in [0.717, 1.165) is 0 Å². The van der Waals surface area contributed by atoms with Crippen LogP contribution in [-0.2, 0) is 0 Å². The Kier molecular flexibility index (Phi) is 2.74. The van der Waals surface area contributed by atoms with Crippen LogP contribution in [0.2, 0.25) is 0 Å². The van der Waals surface area contributed by atoms with Crippen LogP contribution in [0.25, 0.3) is 10.9 Å². The number of anilines is 2. The molecule has 0 spiro atoms. The van der Waals surface area contributed by atoms with Gasteiger partial charge >= 0.3 is 0 Å². The topological polar surface area (TPSA) is 98.1 Å². The Balaban J connectivity index is 2.61. The van der Waals surface area contributed by atoms with Gasteiger partial charge in [-0.1, -0.05) is 0 Å². The fourth-order valence-electron chi connectivity index (χ4n) is 1.56. The molecule has 0 fully saturated rings. The molecule has 1 aromatic carbocycles. The second-order valence-corrected chi connectivity index (χ2v) is 3.32. The molecule has 0 saturated heterocycles. The zero-order valence-electron chi connectivity index (χ0n) is 8.55. The summed E-state index contributed by atoms with van der Waals surface area (Å²) in [7, 11) is 0. The van der Waals surface area contributed by atoms with E-state index in [1.165, 1.54) is 6.20 Å². The molecule has 1 aromatic heterocycles. The number of nitrogen functional groups attached to an aromatic ring is 1. The van der Waals surface area contributed by atoms with Gasteiger partial charge in [0.05, 0.1) is 18.2 Å². The van der Waals surface area contributed by atoms with Crippen LogP contribution in [0.5, 0.6) is 0 Å². The second kappa shape index (κ2) is 4.19. The number of nitrogens with zero attached hydrogens (tertiary/aromatic N) is 2. The number of aliphatic hydroxyl groups excluding tert-OH is 1. The van der Waals surface area contributed by atoms with Gasteiger partial charge in [0.2, 0.25) is 0 Å². The van der Waals surface area contributed by atoms with E-state index in [-0.39, 0.29) is 6.61 Å². The summed E-state index contributed by atoms with van der Waals surface area (Å²) in [6, 6.07) is 5.09. The smallest absolute Gasteiger partial charge is 0.277 e. The lowest BCUT2D eigenvalue weighted by Crippen LogP contribution is -2.32. The highest BCUT2D eigenvalue weighted by molar-refractivity contribution is 5.96. The second-order valence-electron chi connectivity index (χ2n) is 3.32. The zero-order chi connectivity index (χ0) is 11.5. The first-order valence-corrected chi connectivity index (χ1v) is 4.86. The first-order valence-electron chi connectivity index (χ1n) is 4.86. The number of aliphatic hydroxyl groups is 1. The minimum absolute atomic E-state index is 0.00894. The lowest BCUT2D eigenvalue weighted by molar-refractivity contribution is -0.642. The average Bonchev–Trinajstić information content (AvgIpc) is 2.29. The van der Waals surface area contributed by atoms with Crippen molar-refractivity contribution in [2.24, 2.45) is 0 Å². The SMILES string of the molecule is Nc1ccc(NCCO)c2c1ccn[n+]2[O-]. The Morgan fingerprint density at radius 2 is 2.25 bits per heavy atom. The fourth-order valence-corrected chi connectivity index (χ4v) is 1.56. The van der Waals surface area contributed by atoms with Crippen LogP contribution < -0.4 is 15.9 Å². The molecular formula is C10H12N4O2. The molecule has 0 saturated carbocycles. The van der Waals surface area contributed by atoms with Crippen molar-refractivity contribution in [2.75, 3.05) is 24.2 Å². The van der Waals surface area contributed by atoms with Gasteiger partial charge in [-0.05, 0) is 23.0 Å². The van der Waals surface area contributed by atoms with Crippen LogP contribution in [0.3, 0.4) is 0 Å². The van der Waals surface area contributed by atoms with Crippen molar-refractivity contribution in [3.05, 3.63) is 29.6 Å². The van der Waals surface area contributed by atoms with Crippen LogP contribution in [-0.4, -0.2) is 23.4 Å². The molecule has 0 unspecified atom stereocenters. The Hall–Kier alpha value is -2.08. The van der Waals surface area contributed by atoms with Gasteiger partial charge in [-0.25, -0.2) is 0 Å². The number of hydrogen-bond donors (Lipinski definition) is 3. The molecule has 0 amide bonds. The number of nitrogens with one attached hydrogen (secondary N) is 1. The van der Waals surface area contributed by atoms with Crippen molar-refractivity contribution < 1.29 is 9.95 Å². The van der Waals surface area contributed by atoms with Gasteiger partial charge in [-0.15, -0.1) is 0 Å². The van der Waals surface area contributed by atoms with Crippen molar-refractivity contribution in [2.45, 2.75) is 0 Å². The van der Waals surface area contributed by atoms with E-state index in [9.17, 15) is 5.21 Å². The highest BCUT2D eigenvalue weighted by atomic mass is 16.5. The molecule has 0 radical (unpaired) electrons. The van der Waals surface area contributed by atoms with Gasteiger partial charge in [0.1, 0.15) is 5.69 Å². The molecule has 4 N–H and O–H groups in total. The molecule has 0 atom stereocenters. The highest BCUT2D eigenvalue weighted by Gasteiger charge is 2.13. The van der Waals surface area contributed by atoms with Crippen LogP contribution in [0.1, 0.15) is 0 Å². The maximum Gasteiger partial charge on any atom is 0.277 e. The Bertz CT molecular complexity index is 515. The van der Waals surface area contributed by atoms with E-state index in [4.69, 9.17) is 10.8 Å². The molecule has 2 aromatic rings. The highest BCUT2D eigenvalue weighted by Crippen LogP contribution is 2.24. The predicted molar refractivity (Wildman–Crippen MR) is 60.7 cm³/mol. The summed E-state index contributed by atoms with van der Waals surface area (Å²) in [5.41, 5.74) is 7.29. The summed E-state index contributed by atoms with van der Waals surface area (Å²) in [5.74, 6) is 0. The van der Waals surface area contributed by atoms with Crippen molar-refractivity contribution in [3.63, 3.8) is 0 Å². The zero-order valence-corrected chi connectivity index (χ0v) is 8.55. The molecule has 0 aliphatic heterocycles. The lowest BCUT2D eigenvalue weighted by Gasteiger charge is -2.08. The number of benzene rings is 1. The summed E-state index contributed by atoms with van der Waals surface area (Å²) < 4.78 is 0. The minimum atomic E-state index is -0.00894. The van der Waals surface area contributed by atoms with E-state index in [2.05, 4.69) is 10.4 Å². The number of aromatic nitrogens is 2. The van der Waals surface area contributed by atoms with Crippen molar-refractivity contribution in [1.82, 2.24) is 5.10 Å². The third kappa shape index (κ3) is 1.70. The monoisotopic (exact) mass is 220 g/mol. The van der Waals surface area contributed by atoms with Crippen molar-refractivity contribution in [3.8, 4) is 0 Å². The summed E-state index contributed by atoms with van der Waals surface area (Å²) in [5, 5.41) is 27.5. The molecule has 0 aliphatic carbocycles. The molecule has 1 heterocycles. The van der Waals surface area contributed by atoms with E-state index >= 15 is 0 Å². The molecular weight excluding hydrogens is 208 g/mol. The average molecular weight is 220 g/mol. The normalized spacial score (nSPS) is 10.6. The van der Waals surface area contributed by atoms with Gasteiger partial charge in [0.15, 0.2) is 0 Å². The van der Waals surface area contributed by atoms with Crippen LogP contribution >= 0.6 is 0 Å². The molecule has 84 valence electrons. The quantitative estimate of drug-likeness (QED) is 0.380. The summed E-state index contributed by atoms with van der Waals surface area (Å²) >= 11 is 0. The lowest BCUT2D eigenvalue weighted by atomic mass is 10.1. The van der Waals surface area contributed by atoms with E-state index in [0.29, 0.717) is 33.7 Å². The maximum atomic E-state index is 11.6. The van der Waals surface area contributed by atoms with Crippen LogP contribution in [0.4, 0.5) is 11.4 Å². The van der Waals surface area contributed by atoms with Gasteiger partial charge in [-0.3, -0.25) is 0 Å². The van der Waals surface area contributed by atoms with Gasteiger partial charge in [0, 0.05) is 17.3 Å². The van der Waals surface area contributed by atoms with Crippen LogP contribution in [0, 0.1) is 5.21 Å². The molecule has 0 aliphatic rings. The summed E-state index contributed by atoms with van der Waals surface area (Å²) in [6.45, 7) is 0.360. The Labute approximate surface area is 91.9 Å². The van der Waals surface area contributed by atoms with E-state index in [1.807, 2.05) is 0 Å². The molecule has 6 nitrogen and oxygen atoms in total. The molecule has 16 heavy (non-hydrogen) atoms. The first kappa shape index (κ1) is 10.4. The van der Waals surface area contributed by atoms with Gasteiger partial charge in [-0.2, -0.15) is 0 Å². The minimum Gasteiger partial charge on any atom is -0.594 e.